The lowest BCUT2D eigenvalue weighted by Crippen LogP contribution is -2.08. The SMILES string of the molecule is Cc1cccc(CNc2cnnc(NCc3cccnc3)n2)c1. The van der Waals surface area contributed by atoms with E-state index in [-0.39, 0.29) is 0 Å². The van der Waals surface area contributed by atoms with Crippen LogP contribution in [-0.2, 0) is 13.1 Å². The third kappa shape index (κ3) is 4.47. The summed E-state index contributed by atoms with van der Waals surface area (Å²) in [5.41, 5.74) is 3.51. The number of nitrogens with one attached hydrogen (secondary N) is 2. The van der Waals surface area contributed by atoms with E-state index in [0.717, 1.165) is 5.56 Å². The van der Waals surface area contributed by atoms with Crippen LogP contribution in [0.2, 0.25) is 0 Å². The number of hydrogen-bond acceptors (Lipinski definition) is 6. The van der Waals surface area contributed by atoms with Crippen LogP contribution < -0.4 is 10.6 Å². The van der Waals surface area contributed by atoms with Crippen molar-refractivity contribution in [3.8, 4) is 0 Å². The summed E-state index contributed by atoms with van der Waals surface area (Å²) in [5, 5.41) is 14.4. The molecule has 0 saturated carbocycles. The first-order valence-corrected chi connectivity index (χ1v) is 7.41. The second-order valence-corrected chi connectivity index (χ2v) is 5.22. The fourth-order valence-electron chi connectivity index (χ4n) is 2.16. The Labute approximate surface area is 135 Å². The quantitative estimate of drug-likeness (QED) is 0.729. The average molecular weight is 306 g/mol. The second-order valence-electron chi connectivity index (χ2n) is 5.22. The summed E-state index contributed by atoms with van der Waals surface area (Å²) in [5.74, 6) is 1.18. The van der Waals surface area contributed by atoms with Crippen LogP contribution in [-0.4, -0.2) is 20.2 Å². The predicted molar refractivity (Wildman–Crippen MR) is 89.9 cm³/mol. The Kier molecular flexibility index (Phi) is 4.73. The lowest BCUT2D eigenvalue weighted by atomic mass is 10.1. The lowest BCUT2D eigenvalue weighted by Gasteiger charge is -2.08. The van der Waals surface area contributed by atoms with Gasteiger partial charge in [-0.05, 0) is 24.1 Å². The summed E-state index contributed by atoms with van der Waals surface area (Å²) >= 11 is 0. The smallest absolute Gasteiger partial charge is 0.244 e. The first-order valence-electron chi connectivity index (χ1n) is 7.41. The molecule has 116 valence electrons. The van der Waals surface area contributed by atoms with E-state index in [4.69, 9.17) is 0 Å². The molecule has 3 aromatic rings. The number of aromatic nitrogens is 4. The molecule has 2 aromatic heterocycles. The van der Waals surface area contributed by atoms with E-state index in [2.05, 4.69) is 55.9 Å². The number of benzene rings is 1. The Morgan fingerprint density at radius 1 is 0.957 bits per heavy atom. The minimum atomic E-state index is 0.489. The van der Waals surface area contributed by atoms with Crippen molar-refractivity contribution >= 4 is 11.8 Å². The van der Waals surface area contributed by atoms with Crippen LogP contribution in [0, 0.1) is 6.92 Å². The molecule has 0 spiro atoms. The molecule has 0 amide bonds. The first kappa shape index (κ1) is 14.9. The van der Waals surface area contributed by atoms with Gasteiger partial charge in [0.15, 0.2) is 5.82 Å². The van der Waals surface area contributed by atoms with Gasteiger partial charge in [-0.2, -0.15) is 10.1 Å². The highest BCUT2D eigenvalue weighted by atomic mass is 15.3. The van der Waals surface area contributed by atoms with Gasteiger partial charge < -0.3 is 10.6 Å². The molecule has 0 aliphatic carbocycles. The lowest BCUT2D eigenvalue weighted by molar-refractivity contribution is 0.935. The maximum Gasteiger partial charge on any atom is 0.244 e. The van der Waals surface area contributed by atoms with E-state index in [1.165, 1.54) is 11.1 Å². The Bertz CT molecular complexity index is 760. The molecule has 0 aliphatic heterocycles. The van der Waals surface area contributed by atoms with Crippen molar-refractivity contribution in [3.05, 3.63) is 71.7 Å². The molecule has 0 fully saturated rings. The van der Waals surface area contributed by atoms with Crippen molar-refractivity contribution in [1.82, 2.24) is 20.2 Å². The number of nitrogens with zero attached hydrogens (tertiary/aromatic N) is 4. The van der Waals surface area contributed by atoms with Crippen molar-refractivity contribution in [1.29, 1.82) is 0 Å². The highest BCUT2D eigenvalue weighted by Gasteiger charge is 2.01. The van der Waals surface area contributed by atoms with Crippen molar-refractivity contribution < 1.29 is 0 Å². The maximum absolute atomic E-state index is 4.41. The van der Waals surface area contributed by atoms with Gasteiger partial charge in [-0.3, -0.25) is 4.98 Å². The first-order chi connectivity index (χ1) is 11.3. The number of rotatable bonds is 6. The highest BCUT2D eigenvalue weighted by Crippen LogP contribution is 2.09. The summed E-state index contributed by atoms with van der Waals surface area (Å²) in [4.78, 5) is 8.48. The van der Waals surface area contributed by atoms with Gasteiger partial charge in [-0.1, -0.05) is 35.9 Å². The number of anilines is 2. The van der Waals surface area contributed by atoms with Crippen LogP contribution in [0.15, 0.2) is 55.0 Å². The van der Waals surface area contributed by atoms with Gasteiger partial charge in [0.2, 0.25) is 5.95 Å². The largest absolute Gasteiger partial charge is 0.365 e. The van der Waals surface area contributed by atoms with Crippen LogP contribution in [0.25, 0.3) is 0 Å². The summed E-state index contributed by atoms with van der Waals surface area (Å²) in [6.45, 7) is 3.38. The van der Waals surface area contributed by atoms with Crippen LogP contribution in [0.4, 0.5) is 11.8 Å². The zero-order chi connectivity index (χ0) is 15.9. The molecular weight excluding hydrogens is 288 g/mol. The van der Waals surface area contributed by atoms with Crippen LogP contribution in [0.5, 0.6) is 0 Å². The van der Waals surface area contributed by atoms with Crippen molar-refractivity contribution in [2.75, 3.05) is 10.6 Å². The zero-order valence-corrected chi connectivity index (χ0v) is 12.9. The Balaban J connectivity index is 1.59. The number of hydrogen-bond donors (Lipinski definition) is 2. The van der Waals surface area contributed by atoms with E-state index in [0.29, 0.717) is 24.9 Å². The molecule has 0 aliphatic rings. The monoisotopic (exact) mass is 306 g/mol. The van der Waals surface area contributed by atoms with Gasteiger partial charge in [-0.15, -0.1) is 5.10 Å². The molecule has 23 heavy (non-hydrogen) atoms. The van der Waals surface area contributed by atoms with Gasteiger partial charge in [0.05, 0.1) is 6.20 Å². The predicted octanol–water partition coefficient (Wildman–Crippen LogP) is 2.80. The summed E-state index contributed by atoms with van der Waals surface area (Å²) in [6.07, 6.45) is 5.17. The molecule has 0 saturated heterocycles. The topological polar surface area (TPSA) is 75.6 Å². The average Bonchev–Trinajstić information content (AvgIpc) is 2.60. The Morgan fingerprint density at radius 2 is 1.83 bits per heavy atom. The highest BCUT2D eigenvalue weighted by molar-refractivity contribution is 5.38. The second kappa shape index (κ2) is 7.31. The van der Waals surface area contributed by atoms with E-state index >= 15 is 0 Å². The molecule has 0 unspecified atom stereocenters. The van der Waals surface area contributed by atoms with Crippen LogP contribution >= 0.6 is 0 Å². The summed E-state index contributed by atoms with van der Waals surface area (Å²) in [6, 6.07) is 12.2. The Hall–Kier alpha value is -3.02. The molecule has 1 aromatic carbocycles. The fraction of sp³-hybridized carbons (Fsp3) is 0.176. The molecule has 6 heteroatoms. The van der Waals surface area contributed by atoms with Gasteiger partial charge in [0.1, 0.15) is 0 Å². The molecule has 2 heterocycles. The molecule has 0 bridgehead atoms. The fourth-order valence-corrected chi connectivity index (χ4v) is 2.16. The maximum atomic E-state index is 4.41. The van der Waals surface area contributed by atoms with Gasteiger partial charge in [0, 0.05) is 25.5 Å². The normalized spacial score (nSPS) is 10.3. The molecule has 6 nitrogen and oxygen atoms in total. The van der Waals surface area contributed by atoms with E-state index in [1.807, 2.05) is 18.2 Å². The molecule has 0 radical (unpaired) electrons. The van der Waals surface area contributed by atoms with E-state index in [1.54, 1.807) is 18.6 Å². The van der Waals surface area contributed by atoms with Crippen LogP contribution in [0.1, 0.15) is 16.7 Å². The van der Waals surface area contributed by atoms with E-state index in [9.17, 15) is 0 Å². The van der Waals surface area contributed by atoms with Crippen molar-refractivity contribution in [2.45, 2.75) is 20.0 Å². The third-order valence-corrected chi connectivity index (χ3v) is 3.29. The van der Waals surface area contributed by atoms with Gasteiger partial charge >= 0.3 is 0 Å². The summed E-state index contributed by atoms with van der Waals surface area (Å²) < 4.78 is 0. The van der Waals surface area contributed by atoms with Gasteiger partial charge in [0.25, 0.3) is 0 Å². The minimum absolute atomic E-state index is 0.489. The molecule has 0 atom stereocenters. The number of aryl methyl sites for hydroxylation is 1. The van der Waals surface area contributed by atoms with Crippen LogP contribution in [0.3, 0.4) is 0 Å². The number of pyridine rings is 1. The zero-order valence-electron chi connectivity index (χ0n) is 12.9. The van der Waals surface area contributed by atoms with Crippen molar-refractivity contribution in [3.63, 3.8) is 0 Å². The molecular formula is C17H18N6. The molecule has 3 rings (SSSR count). The minimum Gasteiger partial charge on any atom is -0.365 e. The molecule has 2 N–H and O–H groups in total. The van der Waals surface area contributed by atoms with E-state index < -0.39 is 0 Å². The summed E-state index contributed by atoms with van der Waals surface area (Å²) in [7, 11) is 0. The standard InChI is InChI=1S/C17H18N6/c1-13-4-2-5-14(8-13)10-19-16-12-21-23-17(22-16)20-11-15-6-3-7-18-9-15/h2-9,12H,10-11H2,1H3,(H2,19,20,22,23). The van der Waals surface area contributed by atoms with Crippen molar-refractivity contribution in [2.24, 2.45) is 0 Å². The Morgan fingerprint density at radius 3 is 2.65 bits per heavy atom. The third-order valence-electron chi connectivity index (χ3n) is 3.29. The van der Waals surface area contributed by atoms with Gasteiger partial charge in [-0.25, -0.2) is 0 Å².